The van der Waals surface area contributed by atoms with Crippen LogP contribution in [0.4, 0.5) is 0 Å². The highest BCUT2D eigenvalue weighted by Crippen LogP contribution is 2.45. The average Bonchev–Trinajstić information content (AvgIpc) is 2.80. The van der Waals surface area contributed by atoms with Crippen LogP contribution >= 0.6 is 0 Å². The molecule has 9 nitrogen and oxygen atoms in total. The average molecular weight is 501 g/mol. The van der Waals surface area contributed by atoms with Gasteiger partial charge in [-0.3, -0.25) is 4.79 Å². The number of carbonyl (C=O) groups is 1. The van der Waals surface area contributed by atoms with Crippen molar-refractivity contribution >= 4 is 5.78 Å². The van der Waals surface area contributed by atoms with Gasteiger partial charge in [-0.15, -0.1) is 0 Å². The molecule has 0 aromatic rings. The molecule has 0 aromatic carbocycles. The zero-order chi connectivity index (χ0) is 26.1. The minimum atomic E-state index is -1.33. The molecule has 0 spiro atoms. The molecule has 0 saturated carbocycles. The summed E-state index contributed by atoms with van der Waals surface area (Å²) < 4.78 is 35.6. The van der Waals surface area contributed by atoms with Crippen LogP contribution in [0.25, 0.3) is 0 Å². The number of aliphatic hydroxyl groups is 2. The fourth-order valence-electron chi connectivity index (χ4n) is 5.78. The Kier molecular flexibility index (Phi) is 9.19. The van der Waals surface area contributed by atoms with Crippen LogP contribution in [0.3, 0.4) is 0 Å². The van der Waals surface area contributed by atoms with Crippen molar-refractivity contribution in [1.29, 1.82) is 0 Å². The molecule has 35 heavy (non-hydrogen) atoms. The maximum Gasteiger partial charge on any atom is 0.166 e. The molecule has 0 bridgehead atoms. The van der Waals surface area contributed by atoms with Crippen LogP contribution in [0.5, 0.6) is 0 Å². The second-order valence-electron chi connectivity index (χ2n) is 11.1. The Hall–Kier alpha value is -0.910. The van der Waals surface area contributed by atoms with Gasteiger partial charge in [0.15, 0.2) is 5.78 Å². The normalized spacial score (nSPS) is 41.2. The zero-order valence-electron chi connectivity index (χ0n) is 22.2. The van der Waals surface area contributed by atoms with Crippen LogP contribution in [-0.4, -0.2) is 98.0 Å². The Labute approximate surface area is 209 Å². The molecule has 3 rings (SSSR count). The number of carbonyl (C=O) groups excluding carboxylic acids is 1. The van der Waals surface area contributed by atoms with Crippen LogP contribution < -0.4 is 0 Å². The molecule has 0 aliphatic carbocycles. The van der Waals surface area contributed by atoms with Crippen molar-refractivity contribution < 1.29 is 43.4 Å². The van der Waals surface area contributed by atoms with E-state index in [0.717, 1.165) is 5.57 Å². The number of ether oxygens (including phenoxy) is 6. The monoisotopic (exact) mass is 500 g/mol. The molecule has 3 aliphatic rings. The number of ketones is 1. The second kappa shape index (κ2) is 11.2. The Morgan fingerprint density at radius 1 is 1.20 bits per heavy atom. The fraction of sp³-hybridized carbons (Fsp3) is 0.885. The van der Waals surface area contributed by atoms with Gasteiger partial charge in [0.25, 0.3) is 0 Å². The summed E-state index contributed by atoms with van der Waals surface area (Å²) >= 11 is 0. The molecule has 0 radical (unpaired) electrons. The molecule has 0 amide bonds. The van der Waals surface area contributed by atoms with E-state index in [1.807, 2.05) is 27.7 Å². The minimum absolute atomic E-state index is 0.00433. The van der Waals surface area contributed by atoms with Gasteiger partial charge in [0.2, 0.25) is 0 Å². The van der Waals surface area contributed by atoms with Crippen LogP contribution in [0.2, 0.25) is 0 Å². The van der Waals surface area contributed by atoms with E-state index in [-0.39, 0.29) is 49.8 Å². The van der Waals surface area contributed by atoms with Crippen LogP contribution in [0.15, 0.2) is 12.2 Å². The quantitative estimate of drug-likeness (QED) is 0.459. The largest absolute Gasteiger partial charge is 0.394 e. The first kappa shape index (κ1) is 28.7. The van der Waals surface area contributed by atoms with Crippen molar-refractivity contribution in [3.8, 4) is 0 Å². The lowest BCUT2D eigenvalue weighted by molar-refractivity contribution is -0.328. The highest BCUT2D eigenvalue weighted by atomic mass is 16.7. The maximum absolute atomic E-state index is 13.3. The Morgan fingerprint density at radius 3 is 2.46 bits per heavy atom. The lowest BCUT2D eigenvalue weighted by atomic mass is 9.71. The molecule has 9 heteroatoms. The highest BCUT2D eigenvalue weighted by molar-refractivity contribution is 5.84. The zero-order valence-corrected chi connectivity index (χ0v) is 22.2. The van der Waals surface area contributed by atoms with Gasteiger partial charge < -0.3 is 38.6 Å². The van der Waals surface area contributed by atoms with Crippen molar-refractivity contribution in [3.05, 3.63) is 12.2 Å². The third kappa shape index (κ3) is 5.67. The van der Waals surface area contributed by atoms with Gasteiger partial charge in [0, 0.05) is 44.8 Å². The summed E-state index contributed by atoms with van der Waals surface area (Å²) in [5.74, 6) is -0.224. The van der Waals surface area contributed by atoms with Gasteiger partial charge >= 0.3 is 0 Å². The van der Waals surface area contributed by atoms with Crippen LogP contribution in [0.1, 0.15) is 53.9 Å². The van der Waals surface area contributed by atoms with Gasteiger partial charge in [-0.1, -0.05) is 32.9 Å². The number of aliphatic hydroxyl groups excluding tert-OH is 2. The lowest BCUT2D eigenvalue weighted by Gasteiger charge is -2.54. The van der Waals surface area contributed by atoms with Crippen molar-refractivity contribution in [2.75, 3.05) is 27.6 Å². The van der Waals surface area contributed by atoms with Crippen LogP contribution in [0, 0.1) is 11.3 Å². The maximum atomic E-state index is 13.3. The molecule has 1 unspecified atom stereocenters. The molecule has 10 atom stereocenters. The van der Waals surface area contributed by atoms with E-state index >= 15 is 0 Å². The number of hydrogen-bond donors (Lipinski definition) is 2. The summed E-state index contributed by atoms with van der Waals surface area (Å²) in [7, 11) is 3.18. The summed E-state index contributed by atoms with van der Waals surface area (Å²) in [5, 5.41) is 20.7. The molecule has 3 fully saturated rings. The third-order valence-electron chi connectivity index (χ3n) is 8.35. The van der Waals surface area contributed by atoms with Gasteiger partial charge in [0.05, 0.1) is 37.1 Å². The number of fused-ring (bicyclic) bond motifs is 1. The van der Waals surface area contributed by atoms with E-state index in [2.05, 4.69) is 6.58 Å². The Bertz CT molecular complexity index is 751. The molecule has 3 saturated heterocycles. The van der Waals surface area contributed by atoms with Gasteiger partial charge in [-0.25, -0.2) is 0 Å². The molecule has 2 N–H and O–H groups in total. The lowest BCUT2D eigenvalue weighted by Crippen LogP contribution is -2.66. The first-order valence-electron chi connectivity index (χ1n) is 12.5. The van der Waals surface area contributed by atoms with Crippen molar-refractivity contribution in [3.63, 3.8) is 0 Å². The Balaban J connectivity index is 1.77. The summed E-state index contributed by atoms with van der Waals surface area (Å²) in [6, 6.07) is 0. The number of methoxy groups -OCH3 is 2. The van der Waals surface area contributed by atoms with Crippen molar-refractivity contribution in [2.45, 2.75) is 108 Å². The summed E-state index contributed by atoms with van der Waals surface area (Å²) in [4.78, 5) is 13.3. The molecule has 202 valence electrons. The summed E-state index contributed by atoms with van der Waals surface area (Å²) in [6.07, 6.45) is -3.45. The predicted octanol–water partition coefficient (Wildman–Crippen LogP) is 2.01. The number of Topliss-reactive ketones (excluding diaryl/α,β-unsaturated/α-hetero) is 1. The van der Waals surface area contributed by atoms with Gasteiger partial charge in [-0.05, 0) is 13.8 Å². The second-order valence-corrected chi connectivity index (χ2v) is 11.1. The third-order valence-corrected chi connectivity index (χ3v) is 8.35. The van der Waals surface area contributed by atoms with E-state index in [0.29, 0.717) is 12.8 Å². The standard InChI is InChI=1S/C26H44O9/c1-14-11-26(6,35-16(3)15(14)2)23(29)18(28)10-19-21-22(33-13-32-19)24(31-8)25(4,5)20(34-21)9-17(12-27)30-7/h15-17,19-24,27,29H,1,9-13H2,2-8H3/t15-,16-,17?,19-,20-,21-,22+,23-,24-,26-/m1/s1. The summed E-state index contributed by atoms with van der Waals surface area (Å²) in [6.45, 7) is 13.8. The first-order chi connectivity index (χ1) is 16.4. The van der Waals surface area contributed by atoms with E-state index in [9.17, 15) is 15.0 Å². The number of hydrogen-bond acceptors (Lipinski definition) is 9. The van der Waals surface area contributed by atoms with E-state index < -0.39 is 41.5 Å². The molecular formula is C26H44O9. The minimum Gasteiger partial charge on any atom is -0.394 e. The van der Waals surface area contributed by atoms with Gasteiger partial charge in [-0.2, -0.15) is 0 Å². The van der Waals surface area contributed by atoms with E-state index in [1.54, 1.807) is 21.1 Å². The highest BCUT2D eigenvalue weighted by Gasteiger charge is 2.56. The molecule has 0 aromatic heterocycles. The molecule has 3 aliphatic heterocycles. The van der Waals surface area contributed by atoms with Crippen LogP contribution in [-0.2, 0) is 33.2 Å². The number of rotatable bonds is 9. The molecular weight excluding hydrogens is 456 g/mol. The molecule has 3 heterocycles. The van der Waals surface area contributed by atoms with E-state index in [4.69, 9.17) is 28.4 Å². The van der Waals surface area contributed by atoms with Crippen molar-refractivity contribution in [2.24, 2.45) is 11.3 Å². The SMILES string of the molecule is C=C1C[C@](C)([C@H](O)C(=O)C[C@H]2OCO[C@H]3[C@@H]2O[C@H](CC(CO)OC)C(C)(C)[C@@H]3OC)O[C@H](C)[C@@H]1C. The predicted molar refractivity (Wildman–Crippen MR) is 128 cm³/mol. The van der Waals surface area contributed by atoms with Crippen molar-refractivity contribution in [1.82, 2.24) is 0 Å². The first-order valence-corrected chi connectivity index (χ1v) is 12.5. The smallest absolute Gasteiger partial charge is 0.166 e. The van der Waals surface area contributed by atoms with E-state index in [1.165, 1.54) is 0 Å². The Morgan fingerprint density at radius 2 is 1.89 bits per heavy atom. The fourth-order valence-corrected chi connectivity index (χ4v) is 5.78. The topological polar surface area (TPSA) is 113 Å². The van der Waals surface area contributed by atoms with Gasteiger partial charge in [0.1, 0.15) is 30.7 Å². The summed E-state index contributed by atoms with van der Waals surface area (Å²) in [5.41, 5.74) is -0.547.